The highest BCUT2D eigenvalue weighted by molar-refractivity contribution is 4.81. The summed E-state index contributed by atoms with van der Waals surface area (Å²) in [6, 6.07) is 0.377. The fraction of sp³-hybridized carbons (Fsp3) is 1.00. The Balaban J connectivity index is 2.27. The van der Waals surface area contributed by atoms with E-state index in [1.807, 2.05) is 0 Å². The lowest BCUT2D eigenvalue weighted by atomic mass is 9.76. The second kappa shape index (κ2) is 6.75. The summed E-state index contributed by atoms with van der Waals surface area (Å²) in [6.07, 6.45) is 8.98. The molecule has 1 atom stereocenters. The van der Waals surface area contributed by atoms with Crippen molar-refractivity contribution in [3.8, 4) is 0 Å². The van der Waals surface area contributed by atoms with E-state index in [1.165, 1.54) is 32.1 Å². The molecule has 0 radical (unpaired) electrons. The fourth-order valence-electron chi connectivity index (χ4n) is 2.88. The van der Waals surface area contributed by atoms with Gasteiger partial charge in [0.1, 0.15) is 0 Å². The first-order valence-corrected chi connectivity index (χ1v) is 7.29. The van der Waals surface area contributed by atoms with Crippen molar-refractivity contribution in [3.63, 3.8) is 0 Å². The van der Waals surface area contributed by atoms with Gasteiger partial charge < -0.3 is 10.5 Å². The quantitative estimate of drug-likeness (QED) is 0.769. The van der Waals surface area contributed by atoms with Crippen LogP contribution in [0.5, 0.6) is 0 Å². The van der Waals surface area contributed by atoms with E-state index in [9.17, 15) is 0 Å². The summed E-state index contributed by atoms with van der Waals surface area (Å²) in [5, 5.41) is 0. The normalized spacial score (nSPS) is 28.1. The zero-order chi connectivity index (χ0) is 12.9. The molecule has 1 aliphatic carbocycles. The van der Waals surface area contributed by atoms with E-state index in [2.05, 4.69) is 20.8 Å². The molecule has 0 aromatic heterocycles. The lowest BCUT2D eigenvalue weighted by Gasteiger charge is -2.33. The van der Waals surface area contributed by atoms with Gasteiger partial charge in [-0.1, -0.05) is 26.2 Å². The van der Waals surface area contributed by atoms with Crippen molar-refractivity contribution in [2.75, 3.05) is 7.11 Å². The van der Waals surface area contributed by atoms with E-state index in [4.69, 9.17) is 10.5 Å². The van der Waals surface area contributed by atoms with Gasteiger partial charge in [0.2, 0.25) is 0 Å². The van der Waals surface area contributed by atoms with Crippen molar-refractivity contribution in [3.05, 3.63) is 0 Å². The highest BCUT2D eigenvalue weighted by atomic mass is 16.5. The molecule has 2 heteroatoms. The molecule has 0 amide bonds. The van der Waals surface area contributed by atoms with Crippen LogP contribution in [0.25, 0.3) is 0 Å². The molecule has 2 nitrogen and oxygen atoms in total. The van der Waals surface area contributed by atoms with Crippen LogP contribution in [0.2, 0.25) is 0 Å². The third-order valence-electron chi connectivity index (χ3n) is 4.71. The third-order valence-corrected chi connectivity index (χ3v) is 4.71. The average Bonchev–Trinajstić information content (AvgIpc) is 2.36. The maximum Gasteiger partial charge on any atom is 0.0623 e. The Kier molecular flexibility index (Phi) is 5.94. The molecular weight excluding hydrogens is 210 g/mol. The smallest absolute Gasteiger partial charge is 0.0623 e. The molecule has 0 bridgehead atoms. The van der Waals surface area contributed by atoms with Crippen LogP contribution in [0.3, 0.4) is 0 Å². The Morgan fingerprint density at radius 2 is 1.82 bits per heavy atom. The van der Waals surface area contributed by atoms with Crippen molar-refractivity contribution < 1.29 is 4.74 Å². The van der Waals surface area contributed by atoms with Crippen molar-refractivity contribution in [1.29, 1.82) is 0 Å². The third kappa shape index (κ3) is 4.97. The first-order valence-electron chi connectivity index (χ1n) is 7.29. The Morgan fingerprint density at radius 3 is 2.29 bits per heavy atom. The Morgan fingerprint density at radius 1 is 1.24 bits per heavy atom. The van der Waals surface area contributed by atoms with Crippen molar-refractivity contribution in [2.24, 2.45) is 17.6 Å². The highest BCUT2D eigenvalue weighted by Gasteiger charge is 2.26. The molecule has 1 saturated carbocycles. The van der Waals surface area contributed by atoms with Crippen LogP contribution in [0.1, 0.15) is 65.7 Å². The molecule has 0 spiro atoms. The van der Waals surface area contributed by atoms with Gasteiger partial charge >= 0.3 is 0 Å². The van der Waals surface area contributed by atoms with Gasteiger partial charge in [0.05, 0.1) is 5.60 Å². The van der Waals surface area contributed by atoms with Crippen molar-refractivity contribution >= 4 is 0 Å². The topological polar surface area (TPSA) is 35.2 Å². The van der Waals surface area contributed by atoms with Crippen LogP contribution in [-0.2, 0) is 4.74 Å². The summed E-state index contributed by atoms with van der Waals surface area (Å²) in [5.41, 5.74) is 6.33. The average molecular weight is 241 g/mol. The second-order valence-electron chi connectivity index (χ2n) is 6.36. The second-order valence-corrected chi connectivity index (χ2v) is 6.36. The maximum atomic E-state index is 6.34. The van der Waals surface area contributed by atoms with Crippen LogP contribution < -0.4 is 5.73 Å². The fourth-order valence-corrected chi connectivity index (χ4v) is 2.88. The van der Waals surface area contributed by atoms with Gasteiger partial charge in [-0.05, 0) is 51.4 Å². The minimum absolute atomic E-state index is 0.0156. The number of rotatable bonds is 6. The molecule has 1 aliphatic rings. The van der Waals surface area contributed by atoms with Crippen LogP contribution >= 0.6 is 0 Å². The van der Waals surface area contributed by atoms with Gasteiger partial charge in [-0.25, -0.2) is 0 Å². The summed E-state index contributed by atoms with van der Waals surface area (Å²) in [5.74, 6) is 1.72. The van der Waals surface area contributed by atoms with Crippen molar-refractivity contribution in [2.45, 2.75) is 77.4 Å². The summed E-state index contributed by atoms with van der Waals surface area (Å²) in [6.45, 7) is 6.60. The van der Waals surface area contributed by atoms with E-state index in [0.29, 0.717) is 6.04 Å². The molecule has 0 aliphatic heterocycles. The minimum Gasteiger partial charge on any atom is -0.379 e. The molecular formula is C15H31NO. The number of methoxy groups -OCH3 is 1. The van der Waals surface area contributed by atoms with Gasteiger partial charge in [-0.3, -0.25) is 0 Å². The van der Waals surface area contributed by atoms with Crippen LogP contribution in [0, 0.1) is 11.8 Å². The number of hydrogen-bond acceptors (Lipinski definition) is 2. The SMILES string of the molecule is CCC1CCC(C(N)CCC(C)(C)OC)CC1. The molecule has 0 aromatic carbocycles. The minimum atomic E-state index is -0.0156. The van der Waals surface area contributed by atoms with Crippen molar-refractivity contribution in [1.82, 2.24) is 0 Å². The lowest BCUT2D eigenvalue weighted by Crippen LogP contribution is -2.35. The van der Waals surface area contributed by atoms with E-state index in [-0.39, 0.29) is 5.60 Å². The summed E-state index contributed by atoms with van der Waals surface area (Å²) in [7, 11) is 1.79. The van der Waals surface area contributed by atoms with Crippen LogP contribution in [-0.4, -0.2) is 18.8 Å². The summed E-state index contributed by atoms with van der Waals surface area (Å²) < 4.78 is 5.45. The van der Waals surface area contributed by atoms with Crippen LogP contribution in [0.15, 0.2) is 0 Å². The molecule has 102 valence electrons. The number of ether oxygens (including phenoxy) is 1. The van der Waals surface area contributed by atoms with Gasteiger partial charge in [0, 0.05) is 13.2 Å². The largest absolute Gasteiger partial charge is 0.379 e. The molecule has 2 N–H and O–H groups in total. The first-order chi connectivity index (χ1) is 7.98. The monoisotopic (exact) mass is 241 g/mol. The molecule has 17 heavy (non-hydrogen) atoms. The predicted octanol–water partition coefficient (Wildman–Crippen LogP) is 3.74. The zero-order valence-electron chi connectivity index (χ0n) is 12.2. The summed E-state index contributed by atoms with van der Waals surface area (Å²) in [4.78, 5) is 0. The molecule has 0 saturated heterocycles. The van der Waals surface area contributed by atoms with Gasteiger partial charge in [-0.2, -0.15) is 0 Å². The van der Waals surface area contributed by atoms with Gasteiger partial charge in [-0.15, -0.1) is 0 Å². The van der Waals surface area contributed by atoms with Gasteiger partial charge in [0.25, 0.3) is 0 Å². The molecule has 1 fully saturated rings. The van der Waals surface area contributed by atoms with E-state index in [0.717, 1.165) is 24.7 Å². The zero-order valence-corrected chi connectivity index (χ0v) is 12.2. The van der Waals surface area contributed by atoms with E-state index in [1.54, 1.807) is 7.11 Å². The Labute approximate surface area is 107 Å². The van der Waals surface area contributed by atoms with E-state index >= 15 is 0 Å². The lowest BCUT2D eigenvalue weighted by molar-refractivity contribution is 0.0105. The highest BCUT2D eigenvalue weighted by Crippen LogP contribution is 2.33. The van der Waals surface area contributed by atoms with Gasteiger partial charge in [0.15, 0.2) is 0 Å². The molecule has 1 rings (SSSR count). The Hall–Kier alpha value is -0.0800. The number of nitrogens with two attached hydrogens (primary N) is 1. The predicted molar refractivity (Wildman–Crippen MR) is 74.0 cm³/mol. The molecule has 1 unspecified atom stereocenters. The molecule has 0 heterocycles. The Bertz CT molecular complexity index is 207. The number of hydrogen-bond donors (Lipinski definition) is 1. The standard InChI is InChI=1S/C15H31NO/c1-5-12-6-8-13(9-7-12)14(16)10-11-15(2,3)17-4/h12-14H,5-11,16H2,1-4H3. The maximum absolute atomic E-state index is 6.34. The van der Waals surface area contributed by atoms with Crippen LogP contribution in [0.4, 0.5) is 0 Å². The first kappa shape index (κ1) is 15.0. The van der Waals surface area contributed by atoms with E-state index < -0.39 is 0 Å². The summed E-state index contributed by atoms with van der Waals surface area (Å²) >= 11 is 0. The molecule has 0 aromatic rings.